The van der Waals surface area contributed by atoms with Crippen molar-refractivity contribution in [3.8, 4) is 22.4 Å². The Morgan fingerprint density at radius 2 is 1.95 bits per heavy atom. The van der Waals surface area contributed by atoms with Crippen LogP contribution in [0.5, 0.6) is 0 Å². The summed E-state index contributed by atoms with van der Waals surface area (Å²) in [6.45, 7) is 2.02. The molecule has 0 aliphatic heterocycles. The first-order chi connectivity index (χ1) is 10.1. The van der Waals surface area contributed by atoms with Gasteiger partial charge in [0.25, 0.3) is 0 Å². The third-order valence-corrected chi connectivity index (χ3v) is 4.51. The minimum absolute atomic E-state index is 0.263. The highest BCUT2D eigenvalue weighted by Crippen LogP contribution is 2.40. The van der Waals surface area contributed by atoms with Gasteiger partial charge in [-0.3, -0.25) is 0 Å². The molecule has 1 aromatic heterocycles. The van der Waals surface area contributed by atoms with Crippen LogP contribution in [0.15, 0.2) is 51.5 Å². The number of halogens is 2. The van der Waals surface area contributed by atoms with Gasteiger partial charge in [-0.2, -0.15) is 0 Å². The lowest BCUT2D eigenvalue weighted by Gasteiger charge is -2.06. The number of nitrogens with two attached hydrogens (primary N) is 1. The van der Waals surface area contributed by atoms with Crippen LogP contribution in [0.2, 0.25) is 5.02 Å². The number of hydrogen-bond donors (Lipinski definition) is 1. The number of anilines is 1. The van der Waals surface area contributed by atoms with Gasteiger partial charge in [0, 0.05) is 20.6 Å². The zero-order chi connectivity index (χ0) is 15.0. The normalized spacial score (nSPS) is 10.8. The first kappa shape index (κ1) is 14.2. The fourth-order valence-electron chi connectivity index (χ4n) is 2.22. The Morgan fingerprint density at radius 1 is 1.19 bits per heavy atom. The Morgan fingerprint density at radius 3 is 2.67 bits per heavy atom. The van der Waals surface area contributed by atoms with Crippen LogP contribution in [-0.2, 0) is 0 Å². The quantitative estimate of drug-likeness (QED) is 0.671. The third-order valence-electron chi connectivity index (χ3n) is 3.29. The van der Waals surface area contributed by atoms with Crippen molar-refractivity contribution in [3.05, 3.63) is 57.5 Å². The van der Waals surface area contributed by atoms with Crippen molar-refractivity contribution in [2.24, 2.45) is 0 Å². The van der Waals surface area contributed by atoms with Crippen LogP contribution in [0.1, 0.15) is 5.56 Å². The molecule has 2 aromatic carbocycles. The number of hydrogen-bond acceptors (Lipinski definition) is 3. The Hall–Kier alpha value is -1.78. The van der Waals surface area contributed by atoms with Crippen LogP contribution >= 0.6 is 27.5 Å². The van der Waals surface area contributed by atoms with E-state index in [4.69, 9.17) is 21.9 Å². The highest BCUT2D eigenvalue weighted by molar-refractivity contribution is 9.10. The van der Waals surface area contributed by atoms with E-state index in [-0.39, 0.29) is 5.88 Å². The molecule has 106 valence electrons. The average molecular weight is 364 g/mol. The van der Waals surface area contributed by atoms with Crippen molar-refractivity contribution in [3.63, 3.8) is 0 Å². The van der Waals surface area contributed by atoms with Gasteiger partial charge in [-0.25, -0.2) is 0 Å². The van der Waals surface area contributed by atoms with Gasteiger partial charge < -0.3 is 10.3 Å². The summed E-state index contributed by atoms with van der Waals surface area (Å²) in [5, 5.41) is 4.71. The summed E-state index contributed by atoms with van der Waals surface area (Å²) in [4.78, 5) is 0. The first-order valence-corrected chi connectivity index (χ1v) is 7.51. The van der Waals surface area contributed by atoms with Crippen molar-refractivity contribution in [2.75, 3.05) is 5.73 Å². The van der Waals surface area contributed by atoms with Gasteiger partial charge in [0.15, 0.2) is 0 Å². The van der Waals surface area contributed by atoms with E-state index in [1.165, 1.54) is 0 Å². The molecule has 0 amide bonds. The Bertz CT molecular complexity index is 814. The van der Waals surface area contributed by atoms with Crippen molar-refractivity contribution in [1.82, 2.24) is 5.16 Å². The standard InChI is InChI=1S/C16H12BrClN2O/c1-9-8-10(6-7-12(9)17)15-14(16(19)21-20-15)11-4-2-3-5-13(11)18/h2-8H,19H2,1H3. The topological polar surface area (TPSA) is 52.0 Å². The van der Waals surface area contributed by atoms with Crippen molar-refractivity contribution in [1.29, 1.82) is 0 Å². The van der Waals surface area contributed by atoms with E-state index >= 15 is 0 Å². The molecule has 0 spiro atoms. The number of nitrogens with zero attached hydrogens (tertiary/aromatic N) is 1. The molecule has 3 rings (SSSR count). The molecule has 0 aliphatic carbocycles. The molecule has 0 fully saturated rings. The van der Waals surface area contributed by atoms with E-state index in [0.717, 1.165) is 26.7 Å². The van der Waals surface area contributed by atoms with Gasteiger partial charge in [-0.1, -0.05) is 57.0 Å². The predicted molar refractivity (Wildman–Crippen MR) is 89.2 cm³/mol. The number of benzene rings is 2. The lowest BCUT2D eigenvalue weighted by molar-refractivity contribution is 0.439. The van der Waals surface area contributed by atoms with E-state index in [9.17, 15) is 0 Å². The van der Waals surface area contributed by atoms with Gasteiger partial charge in [-0.15, -0.1) is 0 Å². The largest absolute Gasteiger partial charge is 0.367 e. The van der Waals surface area contributed by atoms with Crippen LogP contribution in [0.4, 0.5) is 5.88 Å². The molecule has 5 heteroatoms. The van der Waals surface area contributed by atoms with Gasteiger partial charge in [-0.05, 0) is 30.7 Å². The highest BCUT2D eigenvalue weighted by atomic mass is 79.9. The number of rotatable bonds is 2. The van der Waals surface area contributed by atoms with Gasteiger partial charge in [0.05, 0.1) is 5.56 Å². The highest BCUT2D eigenvalue weighted by Gasteiger charge is 2.19. The van der Waals surface area contributed by atoms with Gasteiger partial charge >= 0.3 is 0 Å². The second kappa shape index (κ2) is 5.54. The summed E-state index contributed by atoms with van der Waals surface area (Å²) in [6, 6.07) is 13.5. The second-order valence-corrected chi connectivity index (χ2v) is 5.98. The number of nitrogen functional groups attached to an aromatic ring is 1. The van der Waals surface area contributed by atoms with Crippen LogP contribution in [0.3, 0.4) is 0 Å². The van der Waals surface area contributed by atoms with Crippen molar-refractivity contribution in [2.45, 2.75) is 6.92 Å². The maximum atomic E-state index is 6.27. The molecule has 3 nitrogen and oxygen atoms in total. The molecule has 2 N–H and O–H groups in total. The van der Waals surface area contributed by atoms with Crippen molar-refractivity contribution < 1.29 is 4.52 Å². The summed E-state index contributed by atoms with van der Waals surface area (Å²) < 4.78 is 6.23. The second-order valence-electron chi connectivity index (χ2n) is 4.71. The molecule has 0 saturated carbocycles. The fraction of sp³-hybridized carbons (Fsp3) is 0.0625. The summed E-state index contributed by atoms with van der Waals surface area (Å²) in [5.41, 5.74) is 10.2. The Balaban J connectivity index is 2.22. The minimum atomic E-state index is 0.263. The average Bonchev–Trinajstić information content (AvgIpc) is 2.84. The van der Waals surface area contributed by atoms with Crippen LogP contribution < -0.4 is 5.73 Å². The molecular weight excluding hydrogens is 352 g/mol. The third kappa shape index (κ3) is 2.57. The van der Waals surface area contributed by atoms with E-state index in [1.807, 2.05) is 49.4 Å². The molecule has 0 radical (unpaired) electrons. The molecule has 1 heterocycles. The zero-order valence-corrected chi connectivity index (χ0v) is 13.6. The zero-order valence-electron chi connectivity index (χ0n) is 11.2. The summed E-state index contributed by atoms with van der Waals surface area (Å²) in [6.07, 6.45) is 0. The first-order valence-electron chi connectivity index (χ1n) is 6.34. The molecule has 0 unspecified atom stereocenters. The molecule has 0 saturated heterocycles. The summed E-state index contributed by atoms with van der Waals surface area (Å²) in [7, 11) is 0. The predicted octanol–water partition coefficient (Wildman–Crippen LogP) is 5.32. The molecule has 0 bridgehead atoms. The van der Waals surface area contributed by atoms with E-state index < -0.39 is 0 Å². The maximum Gasteiger partial charge on any atom is 0.230 e. The monoisotopic (exact) mass is 362 g/mol. The Labute approximate surface area is 135 Å². The minimum Gasteiger partial charge on any atom is -0.367 e. The van der Waals surface area contributed by atoms with Gasteiger partial charge in [0.2, 0.25) is 5.88 Å². The SMILES string of the molecule is Cc1cc(-c2noc(N)c2-c2ccccc2Cl)ccc1Br. The van der Waals surface area contributed by atoms with E-state index in [0.29, 0.717) is 10.7 Å². The van der Waals surface area contributed by atoms with Crippen LogP contribution in [0, 0.1) is 6.92 Å². The van der Waals surface area contributed by atoms with E-state index in [2.05, 4.69) is 21.1 Å². The fourth-order valence-corrected chi connectivity index (χ4v) is 2.69. The molecular formula is C16H12BrClN2O. The number of aryl methyl sites for hydroxylation is 1. The molecule has 21 heavy (non-hydrogen) atoms. The summed E-state index contributed by atoms with van der Waals surface area (Å²) >= 11 is 9.76. The summed E-state index contributed by atoms with van der Waals surface area (Å²) in [5.74, 6) is 0.263. The Kier molecular flexibility index (Phi) is 3.74. The van der Waals surface area contributed by atoms with E-state index in [1.54, 1.807) is 0 Å². The van der Waals surface area contributed by atoms with Crippen LogP contribution in [0.25, 0.3) is 22.4 Å². The van der Waals surface area contributed by atoms with Crippen molar-refractivity contribution >= 4 is 33.4 Å². The lowest BCUT2D eigenvalue weighted by Crippen LogP contribution is -1.89. The molecule has 0 aliphatic rings. The smallest absolute Gasteiger partial charge is 0.230 e. The molecule has 0 atom stereocenters. The maximum absolute atomic E-state index is 6.27. The molecule has 3 aromatic rings. The van der Waals surface area contributed by atoms with Gasteiger partial charge in [0.1, 0.15) is 5.69 Å². The van der Waals surface area contributed by atoms with Crippen LogP contribution in [-0.4, -0.2) is 5.16 Å². The lowest BCUT2D eigenvalue weighted by atomic mass is 10.00. The number of aromatic nitrogens is 1.